The molecule has 0 saturated heterocycles. The van der Waals surface area contributed by atoms with Crippen molar-refractivity contribution < 1.29 is 0 Å². The number of nitrogens with one attached hydrogen (secondary N) is 1. The highest BCUT2D eigenvalue weighted by molar-refractivity contribution is 7.98. The number of benzene rings is 1. The van der Waals surface area contributed by atoms with E-state index in [4.69, 9.17) is 11.6 Å². The van der Waals surface area contributed by atoms with Crippen LogP contribution in [0.1, 0.15) is 5.82 Å². The molecule has 0 spiro atoms. The Morgan fingerprint density at radius 3 is 3.00 bits per heavy atom. The lowest BCUT2D eigenvalue weighted by molar-refractivity contribution is 1.14. The number of thioether (sulfide) groups is 1. The minimum atomic E-state index is 0.699. The van der Waals surface area contributed by atoms with Gasteiger partial charge in [0.05, 0.1) is 16.8 Å². The van der Waals surface area contributed by atoms with Crippen LogP contribution in [0.25, 0.3) is 11.0 Å². The van der Waals surface area contributed by atoms with Gasteiger partial charge in [-0.15, -0.1) is 11.6 Å². The van der Waals surface area contributed by atoms with Crippen LogP contribution in [0.5, 0.6) is 0 Å². The lowest BCUT2D eigenvalue weighted by atomic mass is 10.3. The van der Waals surface area contributed by atoms with Crippen LogP contribution < -0.4 is 0 Å². The van der Waals surface area contributed by atoms with E-state index in [0.717, 1.165) is 28.4 Å². The Labute approximate surface area is 92.1 Å². The fourth-order valence-electron chi connectivity index (χ4n) is 1.30. The van der Waals surface area contributed by atoms with E-state index in [0.29, 0.717) is 5.88 Å². The summed E-state index contributed by atoms with van der Waals surface area (Å²) in [5, 5.41) is 0. The van der Waals surface area contributed by atoms with Gasteiger partial charge in [-0.1, -0.05) is 12.1 Å². The summed E-state index contributed by atoms with van der Waals surface area (Å²) in [6.07, 6.45) is 0. The van der Waals surface area contributed by atoms with Crippen LogP contribution in [-0.2, 0) is 5.75 Å². The van der Waals surface area contributed by atoms with Crippen molar-refractivity contribution >= 4 is 34.4 Å². The molecule has 0 amide bonds. The number of rotatable bonds is 4. The number of para-hydroxylation sites is 2. The monoisotopic (exact) mass is 226 g/mol. The number of fused-ring (bicyclic) bond motifs is 1. The molecule has 14 heavy (non-hydrogen) atoms. The predicted octanol–water partition coefficient (Wildman–Crippen LogP) is 3.03. The third-order valence-corrected chi connectivity index (χ3v) is 3.28. The Morgan fingerprint density at radius 2 is 2.21 bits per heavy atom. The van der Waals surface area contributed by atoms with Crippen LogP contribution in [0, 0.1) is 0 Å². The second-order valence-electron chi connectivity index (χ2n) is 2.94. The predicted molar refractivity (Wildman–Crippen MR) is 63.0 cm³/mol. The zero-order valence-electron chi connectivity index (χ0n) is 7.66. The fourth-order valence-corrected chi connectivity index (χ4v) is 2.21. The molecule has 2 nitrogen and oxygen atoms in total. The van der Waals surface area contributed by atoms with Crippen molar-refractivity contribution in [3.05, 3.63) is 30.1 Å². The van der Waals surface area contributed by atoms with E-state index in [2.05, 4.69) is 9.97 Å². The molecule has 1 aromatic heterocycles. The zero-order chi connectivity index (χ0) is 9.80. The van der Waals surface area contributed by atoms with Crippen LogP contribution in [0.2, 0.25) is 0 Å². The number of nitrogens with zero attached hydrogens (tertiary/aromatic N) is 1. The Bertz CT molecular complexity index is 380. The van der Waals surface area contributed by atoms with Crippen LogP contribution in [0.3, 0.4) is 0 Å². The zero-order valence-corrected chi connectivity index (χ0v) is 9.24. The maximum atomic E-state index is 5.60. The molecule has 0 bridgehead atoms. The molecule has 1 aromatic carbocycles. The Kier molecular flexibility index (Phi) is 3.32. The van der Waals surface area contributed by atoms with E-state index < -0.39 is 0 Å². The maximum absolute atomic E-state index is 5.60. The molecule has 0 aliphatic carbocycles. The van der Waals surface area contributed by atoms with Crippen molar-refractivity contribution in [3.8, 4) is 0 Å². The third-order valence-electron chi connectivity index (χ3n) is 1.90. The summed E-state index contributed by atoms with van der Waals surface area (Å²) in [4.78, 5) is 7.74. The molecule has 74 valence electrons. The van der Waals surface area contributed by atoms with Gasteiger partial charge in [0.1, 0.15) is 5.82 Å². The van der Waals surface area contributed by atoms with Crippen LogP contribution in [0.15, 0.2) is 24.3 Å². The first-order valence-electron chi connectivity index (χ1n) is 4.47. The number of alkyl halides is 1. The minimum absolute atomic E-state index is 0.699. The Morgan fingerprint density at radius 1 is 1.36 bits per heavy atom. The Balaban J connectivity index is 2.11. The standard InChI is InChI=1S/C10H11ClN2S/c11-5-6-14-7-10-12-8-3-1-2-4-9(8)13-10/h1-4H,5-7H2,(H,12,13). The lowest BCUT2D eigenvalue weighted by Crippen LogP contribution is -1.85. The topological polar surface area (TPSA) is 28.7 Å². The highest BCUT2D eigenvalue weighted by atomic mass is 35.5. The normalized spacial score (nSPS) is 10.9. The van der Waals surface area contributed by atoms with Crippen molar-refractivity contribution in [2.75, 3.05) is 11.6 Å². The average Bonchev–Trinajstić information content (AvgIpc) is 2.60. The molecule has 2 aromatic rings. The summed E-state index contributed by atoms with van der Waals surface area (Å²) in [6.45, 7) is 0. The number of imidazole rings is 1. The Hall–Kier alpha value is -0.670. The van der Waals surface area contributed by atoms with Gasteiger partial charge in [0.2, 0.25) is 0 Å². The van der Waals surface area contributed by atoms with Gasteiger partial charge in [-0.05, 0) is 12.1 Å². The second-order valence-corrected chi connectivity index (χ2v) is 4.43. The van der Waals surface area contributed by atoms with E-state index in [1.54, 1.807) is 11.8 Å². The molecule has 1 heterocycles. The van der Waals surface area contributed by atoms with Gasteiger partial charge < -0.3 is 4.98 Å². The second kappa shape index (κ2) is 4.71. The molecular weight excluding hydrogens is 216 g/mol. The van der Waals surface area contributed by atoms with Crippen LogP contribution in [-0.4, -0.2) is 21.6 Å². The largest absolute Gasteiger partial charge is 0.341 e. The first-order valence-corrected chi connectivity index (χ1v) is 6.16. The van der Waals surface area contributed by atoms with E-state index in [1.165, 1.54) is 0 Å². The molecule has 0 unspecified atom stereocenters. The van der Waals surface area contributed by atoms with Crippen molar-refractivity contribution in [2.24, 2.45) is 0 Å². The van der Waals surface area contributed by atoms with Gasteiger partial charge in [-0.2, -0.15) is 11.8 Å². The van der Waals surface area contributed by atoms with Gasteiger partial charge >= 0.3 is 0 Å². The summed E-state index contributed by atoms with van der Waals surface area (Å²) >= 11 is 7.39. The van der Waals surface area contributed by atoms with Crippen molar-refractivity contribution in [3.63, 3.8) is 0 Å². The fraction of sp³-hybridized carbons (Fsp3) is 0.300. The van der Waals surface area contributed by atoms with Crippen molar-refractivity contribution in [2.45, 2.75) is 5.75 Å². The molecule has 1 N–H and O–H groups in total. The van der Waals surface area contributed by atoms with Gasteiger partial charge in [-0.3, -0.25) is 0 Å². The highest BCUT2D eigenvalue weighted by Crippen LogP contribution is 2.14. The van der Waals surface area contributed by atoms with Gasteiger partial charge in [-0.25, -0.2) is 4.98 Å². The molecule has 0 aliphatic rings. The quantitative estimate of drug-likeness (QED) is 0.641. The molecule has 0 radical (unpaired) electrons. The minimum Gasteiger partial charge on any atom is -0.341 e. The molecule has 4 heteroatoms. The van der Waals surface area contributed by atoms with E-state index >= 15 is 0 Å². The van der Waals surface area contributed by atoms with Gasteiger partial charge in [0, 0.05) is 11.6 Å². The number of halogens is 1. The third kappa shape index (κ3) is 2.22. The number of aromatic nitrogens is 2. The first kappa shape index (κ1) is 9.87. The summed E-state index contributed by atoms with van der Waals surface area (Å²) in [5.74, 6) is 3.60. The number of aromatic amines is 1. The molecule has 0 atom stereocenters. The maximum Gasteiger partial charge on any atom is 0.117 e. The van der Waals surface area contributed by atoms with E-state index in [1.807, 2.05) is 24.3 Å². The number of hydrogen-bond donors (Lipinski definition) is 1. The van der Waals surface area contributed by atoms with Gasteiger partial charge in [0.15, 0.2) is 0 Å². The van der Waals surface area contributed by atoms with Crippen LogP contribution >= 0.6 is 23.4 Å². The average molecular weight is 227 g/mol. The molecular formula is C10H11ClN2S. The van der Waals surface area contributed by atoms with E-state index in [-0.39, 0.29) is 0 Å². The number of hydrogen-bond acceptors (Lipinski definition) is 2. The van der Waals surface area contributed by atoms with Crippen molar-refractivity contribution in [1.82, 2.24) is 9.97 Å². The lowest BCUT2D eigenvalue weighted by Gasteiger charge is -1.93. The number of H-pyrrole nitrogens is 1. The van der Waals surface area contributed by atoms with E-state index in [9.17, 15) is 0 Å². The van der Waals surface area contributed by atoms with Crippen molar-refractivity contribution in [1.29, 1.82) is 0 Å². The molecule has 0 saturated carbocycles. The van der Waals surface area contributed by atoms with Crippen LogP contribution in [0.4, 0.5) is 0 Å². The summed E-state index contributed by atoms with van der Waals surface area (Å²) in [5.41, 5.74) is 2.14. The molecule has 2 rings (SSSR count). The SMILES string of the molecule is ClCCSCc1nc2ccccc2[nH]1. The van der Waals surface area contributed by atoms with Gasteiger partial charge in [0.25, 0.3) is 0 Å². The summed E-state index contributed by atoms with van der Waals surface area (Å²) in [6, 6.07) is 8.06. The molecule has 0 aliphatic heterocycles. The highest BCUT2D eigenvalue weighted by Gasteiger charge is 2.00. The first-order chi connectivity index (χ1) is 6.90. The smallest absolute Gasteiger partial charge is 0.117 e. The summed E-state index contributed by atoms with van der Waals surface area (Å²) in [7, 11) is 0. The summed E-state index contributed by atoms with van der Waals surface area (Å²) < 4.78 is 0. The molecule has 0 fully saturated rings.